The molecule has 102 valence electrons. The highest BCUT2D eigenvalue weighted by Crippen LogP contribution is 2.23. The minimum atomic E-state index is -0.348. The van der Waals surface area contributed by atoms with Crippen LogP contribution in [0.15, 0.2) is 30.6 Å². The number of nitrogens with one attached hydrogen (secondary N) is 1. The molecule has 0 saturated heterocycles. The molecule has 0 aliphatic carbocycles. The molecule has 0 bridgehead atoms. The first-order valence-electron chi connectivity index (χ1n) is 6.28. The topological polar surface area (TPSA) is 29.9 Å². The van der Waals surface area contributed by atoms with E-state index in [9.17, 15) is 4.39 Å². The molecular weight excluding hydrogens is 265 g/mol. The molecule has 19 heavy (non-hydrogen) atoms. The summed E-state index contributed by atoms with van der Waals surface area (Å²) in [6.45, 7) is 2.89. The summed E-state index contributed by atoms with van der Waals surface area (Å²) in [6, 6.07) is 5.04. The fourth-order valence-electron chi connectivity index (χ4n) is 2.15. The van der Waals surface area contributed by atoms with Crippen molar-refractivity contribution in [2.45, 2.75) is 25.9 Å². The second-order valence-corrected chi connectivity index (χ2v) is 4.74. The van der Waals surface area contributed by atoms with Crippen molar-refractivity contribution in [3.8, 4) is 0 Å². The summed E-state index contributed by atoms with van der Waals surface area (Å²) in [4.78, 5) is 4.35. The maximum atomic E-state index is 13.9. The van der Waals surface area contributed by atoms with Gasteiger partial charge in [-0.25, -0.2) is 9.37 Å². The average Bonchev–Trinajstić information content (AvgIpc) is 2.88. The van der Waals surface area contributed by atoms with E-state index in [2.05, 4.69) is 17.2 Å². The van der Waals surface area contributed by atoms with E-state index >= 15 is 0 Å². The fraction of sp³-hybridized carbons (Fsp3) is 0.357. The van der Waals surface area contributed by atoms with Crippen molar-refractivity contribution < 1.29 is 4.39 Å². The quantitative estimate of drug-likeness (QED) is 0.912. The Morgan fingerprint density at radius 2 is 2.26 bits per heavy atom. The van der Waals surface area contributed by atoms with Crippen LogP contribution in [0.3, 0.4) is 0 Å². The van der Waals surface area contributed by atoms with Crippen molar-refractivity contribution in [2.24, 2.45) is 0 Å². The molecule has 1 aromatic heterocycles. The van der Waals surface area contributed by atoms with E-state index in [0.29, 0.717) is 12.0 Å². The third-order valence-corrected chi connectivity index (χ3v) is 3.50. The Kier molecular flexibility index (Phi) is 4.56. The van der Waals surface area contributed by atoms with Crippen molar-refractivity contribution >= 4 is 11.6 Å². The van der Waals surface area contributed by atoms with Crippen molar-refractivity contribution in [2.75, 3.05) is 7.05 Å². The minimum absolute atomic E-state index is 0.0390. The van der Waals surface area contributed by atoms with Gasteiger partial charge >= 0.3 is 0 Å². The summed E-state index contributed by atoms with van der Waals surface area (Å²) in [5.41, 5.74) is 0.595. The van der Waals surface area contributed by atoms with E-state index in [-0.39, 0.29) is 16.9 Å². The van der Waals surface area contributed by atoms with Crippen LogP contribution >= 0.6 is 11.6 Å². The Hall–Kier alpha value is -1.39. The van der Waals surface area contributed by atoms with Gasteiger partial charge in [-0.2, -0.15) is 0 Å². The lowest BCUT2D eigenvalue weighted by Gasteiger charge is -2.17. The number of aromatic nitrogens is 2. The summed E-state index contributed by atoms with van der Waals surface area (Å²) < 4.78 is 16.0. The molecule has 0 radical (unpaired) electrons. The van der Waals surface area contributed by atoms with Crippen LogP contribution in [0.1, 0.15) is 24.4 Å². The smallest absolute Gasteiger partial charge is 0.145 e. The Morgan fingerprint density at radius 3 is 2.95 bits per heavy atom. The number of aryl methyl sites for hydroxylation is 1. The van der Waals surface area contributed by atoms with Crippen LogP contribution in [-0.2, 0) is 13.0 Å². The molecule has 0 amide bonds. The number of benzene rings is 1. The SMILES string of the molecule is CCn1ccnc1C(Cc1cccc(Cl)c1F)NC. The highest BCUT2D eigenvalue weighted by Gasteiger charge is 2.18. The van der Waals surface area contributed by atoms with Gasteiger partial charge < -0.3 is 9.88 Å². The molecule has 0 fully saturated rings. The van der Waals surface area contributed by atoms with Gasteiger partial charge in [-0.05, 0) is 32.0 Å². The van der Waals surface area contributed by atoms with Gasteiger partial charge in [-0.3, -0.25) is 0 Å². The third-order valence-electron chi connectivity index (χ3n) is 3.20. The van der Waals surface area contributed by atoms with Gasteiger partial charge in [0.05, 0.1) is 11.1 Å². The van der Waals surface area contributed by atoms with E-state index in [4.69, 9.17) is 11.6 Å². The number of halogens is 2. The normalized spacial score (nSPS) is 12.6. The molecule has 0 aliphatic heterocycles. The molecule has 1 unspecified atom stereocenters. The second-order valence-electron chi connectivity index (χ2n) is 4.33. The maximum absolute atomic E-state index is 13.9. The van der Waals surface area contributed by atoms with Crippen LogP contribution in [0.25, 0.3) is 0 Å². The predicted molar refractivity (Wildman–Crippen MR) is 74.8 cm³/mol. The van der Waals surface area contributed by atoms with Crippen molar-refractivity contribution in [3.63, 3.8) is 0 Å². The summed E-state index contributed by atoms with van der Waals surface area (Å²) in [5.74, 6) is 0.559. The molecule has 2 aromatic rings. The molecule has 0 saturated carbocycles. The Labute approximate surface area is 117 Å². The largest absolute Gasteiger partial charge is 0.334 e. The van der Waals surface area contributed by atoms with Crippen LogP contribution in [0.5, 0.6) is 0 Å². The molecule has 1 N–H and O–H groups in total. The summed E-state index contributed by atoms with van der Waals surface area (Å²) in [7, 11) is 1.85. The third kappa shape index (κ3) is 2.96. The average molecular weight is 282 g/mol. The number of rotatable bonds is 5. The van der Waals surface area contributed by atoms with Gasteiger partial charge in [0, 0.05) is 18.9 Å². The summed E-state index contributed by atoms with van der Waals surface area (Å²) in [5, 5.41) is 3.34. The monoisotopic (exact) mass is 281 g/mol. The van der Waals surface area contributed by atoms with E-state index in [1.54, 1.807) is 24.4 Å². The second kappa shape index (κ2) is 6.17. The number of likely N-dealkylation sites (N-methyl/N-ethyl adjacent to an activating group) is 1. The van der Waals surface area contributed by atoms with Gasteiger partial charge in [0.1, 0.15) is 11.6 Å². The van der Waals surface area contributed by atoms with Crippen molar-refractivity contribution in [3.05, 3.63) is 52.8 Å². The molecule has 0 spiro atoms. The van der Waals surface area contributed by atoms with Crippen LogP contribution in [0, 0.1) is 5.82 Å². The first kappa shape index (κ1) is 14.0. The minimum Gasteiger partial charge on any atom is -0.334 e. The van der Waals surface area contributed by atoms with E-state index in [1.807, 2.05) is 17.8 Å². The first-order valence-corrected chi connectivity index (χ1v) is 6.66. The Bertz CT molecular complexity index is 553. The van der Waals surface area contributed by atoms with Gasteiger partial charge in [0.25, 0.3) is 0 Å². The lowest BCUT2D eigenvalue weighted by atomic mass is 10.0. The highest BCUT2D eigenvalue weighted by atomic mass is 35.5. The number of hydrogen-bond acceptors (Lipinski definition) is 2. The zero-order chi connectivity index (χ0) is 13.8. The Balaban J connectivity index is 2.27. The molecule has 1 aromatic carbocycles. The standard InChI is InChI=1S/C14H17ClFN3/c1-3-19-8-7-18-14(19)12(17-2)9-10-5-4-6-11(15)13(10)16/h4-8,12,17H,3,9H2,1-2H3. The van der Waals surface area contributed by atoms with Gasteiger partial charge in [0.15, 0.2) is 0 Å². The fourth-order valence-corrected chi connectivity index (χ4v) is 2.34. The highest BCUT2D eigenvalue weighted by molar-refractivity contribution is 6.30. The molecular formula is C14H17ClFN3. The van der Waals surface area contributed by atoms with Gasteiger partial charge in [0.2, 0.25) is 0 Å². The summed E-state index contributed by atoms with van der Waals surface area (Å²) >= 11 is 5.81. The first-order chi connectivity index (χ1) is 9.17. The molecule has 2 rings (SSSR count). The lowest BCUT2D eigenvalue weighted by Crippen LogP contribution is -2.23. The van der Waals surface area contributed by atoms with Gasteiger partial charge in [-0.1, -0.05) is 23.7 Å². The van der Waals surface area contributed by atoms with E-state index in [0.717, 1.165) is 12.4 Å². The van der Waals surface area contributed by atoms with E-state index < -0.39 is 0 Å². The molecule has 1 heterocycles. The predicted octanol–water partition coefficient (Wildman–Crippen LogP) is 3.20. The molecule has 0 aliphatic rings. The van der Waals surface area contributed by atoms with Crippen LogP contribution < -0.4 is 5.32 Å². The number of imidazole rings is 1. The Morgan fingerprint density at radius 1 is 1.47 bits per heavy atom. The van der Waals surface area contributed by atoms with Crippen molar-refractivity contribution in [1.82, 2.24) is 14.9 Å². The van der Waals surface area contributed by atoms with Crippen LogP contribution in [0.4, 0.5) is 4.39 Å². The molecule has 1 atom stereocenters. The van der Waals surface area contributed by atoms with Crippen molar-refractivity contribution in [1.29, 1.82) is 0 Å². The van der Waals surface area contributed by atoms with Crippen LogP contribution in [-0.4, -0.2) is 16.6 Å². The summed E-state index contributed by atoms with van der Waals surface area (Å²) in [6.07, 6.45) is 4.20. The molecule has 5 heteroatoms. The number of nitrogens with zero attached hydrogens (tertiary/aromatic N) is 2. The number of hydrogen-bond donors (Lipinski definition) is 1. The van der Waals surface area contributed by atoms with E-state index in [1.165, 1.54) is 0 Å². The zero-order valence-corrected chi connectivity index (χ0v) is 11.8. The maximum Gasteiger partial charge on any atom is 0.145 e. The zero-order valence-electron chi connectivity index (χ0n) is 11.0. The van der Waals surface area contributed by atoms with Crippen LogP contribution in [0.2, 0.25) is 5.02 Å². The lowest BCUT2D eigenvalue weighted by molar-refractivity contribution is 0.508. The van der Waals surface area contributed by atoms with Gasteiger partial charge in [-0.15, -0.1) is 0 Å². The molecule has 3 nitrogen and oxygen atoms in total.